The molecule has 2 rings (SSSR count). The van der Waals surface area contributed by atoms with Gasteiger partial charge in [0.05, 0.1) is 12.8 Å². The van der Waals surface area contributed by atoms with Gasteiger partial charge < -0.3 is 15.4 Å². The molecule has 0 radical (unpaired) electrons. The van der Waals surface area contributed by atoms with Crippen LogP contribution in [0.1, 0.15) is 40.0 Å². The lowest BCUT2D eigenvalue weighted by Crippen LogP contribution is -2.45. The summed E-state index contributed by atoms with van der Waals surface area (Å²) < 4.78 is 5.47. The van der Waals surface area contributed by atoms with Gasteiger partial charge in [-0.1, -0.05) is 32.9 Å². The fraction of sp³-hybridized carbons (Fsp3) is 0.588. The Labute approximate surface area is 127 Å². The van der Waals surface area contributed by atoms with Gasteiger partial charge in [-0.25, -0.2) is 0 Å². The monoisotopic (exact) mass is 290 g/mol. The average Bonchev–Trinajstić information content (AvgIpc) is 2.80. The van der Waals surface area contributed by atoms with Crippen molar-refractivity contribution < 1.29 is 9.53 Å². The lowest BCUT2D eigenvalue weighted by molar-refractivity contribution is -0.119. The maximum atomic E-state index is 11.8. The van der Waals surface area contributed by atoms with Crippen molar-refractivity contribution in [3.8, 4) is 5.75 Å². The van der Waals surface area contributed by atoms with Crippen molar-refractivity contribution in [2.45, 2.75) is 52.1 Å². The fourth-order valence-corrected chi connectivity index (χ4v) is 3.28. The van der Waals surface area contributed by atoms with Gasteiger partial charge in [0.1, 0.15) is 11.8 Å². The predicted molar refractivity (Wildman–Crippen MR) is 85.5 cm³/mol. The number of nitrogens with zero attached hydrogens (tertiary/aromatic N) is 1. The molecule has 2 N–H and O–H groups in total. The Kier molecular flexibility index (Phi) is 4.45. The number of ether oxygens (including phenoxy) is 1. The van der Waals surface area contributed by atoms with Crippen LogP contribution in [-0.2, 0) is 4.79 Å². The molecule has 2 unspecified atom stereocenters. The van der Waals surface area contributed by atoms with E-state index >= 15 is 0 Å². The Morgan fingerprint density at radius 3 is 2.57 bits per heavy atom. The molecule has 1 aromatic rings. The molecule has 0 bridgehead atoms. The van der Waals surface area contributed by atoms with Crippen LogP contribution in [0.15, 0.2) is 24.3 Å². The summed E-state index contributed by atoms with van der Waals surface area (Å²) in [5.74, 6) is 0.543. The summed E-state index contributed by atoms with van der Waals surface area (Å²) in [7, 11) is 1.66. The van der Waals surface area contributed by atoms with Crippen molar-refractivity contribution in [2.24, 2.45) is 11.1 Å². The molecule has 21 heavy (non-hydrogen) atoms. The second-order valence-corrected chi connectivity index (χ2v) is 6.99. The molecular weight excluding hydrogens is 264 g/mol. The summed E-state index contributed by atoms with van der Waals surface area (Å²) in [4.78, 5) is 14.0. The quantitative estimate of drug-likeness (QED) is 0.927. The van der Waals surface area contributed by atoms with E-state index in [1.165, 1.54) is 0 Å². The topological polar surface area (TPSA) is 55.6 Å². The minimum absolute atomic E-state index is 0.206. The van der Waals surface area contributed by atoms with Crippen molar-refractivity contribution in [2.75, 3.05) is 12.0 Å². The summed E-state index contributed by atoms with van der Waals surface area (Å²) in [6.45, 7) is 6.68. The number of benzene rings is 1. The first-order valence-corrected chi connectivity index (χ1v) is 7.54. The number of carbonyl (C=O) groups is 1. The van der Waals surface area contributed by atoms with Crippen LogP contribution in [0.3, 0.4) is 0 Å². The molecule has 4 nitrogen and oxygen atoms in total. The van der Waals surface area contributed by atoms with Gasteiger partial charge in [0, 0.05) is 6.04 Å². The number of hydrogen-bond donors (Lipinski definition) is 1. The minimum atomic E-state index is -0.252. The maximum absolute atomic E-state index is 11.8. The Bertz CT molecular complexity index is 508. The van der Waals surface area contributed by atoms with Crippen LogP contribution in [0, 0.1) is 5.41 Å². The van der Waals surface area contributed by atoms with Crippen molar-refractivity contribution in [1.82, 2.24) is 0 Å². The average molecular weight is 290 g/mol. The molecule has 0 aromatic heterocycles. The van der Waals surface area contributed by atoms with E-state index in [1.807, 2.05) is 24.3 Å². The largest absolute Gasteiger partial charge is 0.495 e. The summed E-state index contributed by atoms with van der Waals surface area (Å²) in [5, 5.41) is 0. The summed E-state index contributed by atoms with van der Waals surface area (Å²) in [6, 6.07) is 7.93. The molecule has 116 valence electrons. The number of primary amides is 1. The third-order valence-electron chi connectivity index (χ3n) is 4.04. The Hall–Kier alpha value is -1.71. The first kappa shape index (κ1) is 15.7. The molecule has 0 aliphatic carbocycles. The van der Waals surface area contributed by atoms with Gasteiger partial charge in [-0.15, -0.1) is 0 Å². The Morgan fingerprint density at radius 2 is 2.00 bits per heavy atom. The van der Waals surface area contributed by atoms with Gasteiger partial charge in [0.25, 0.3) is 0 Å². The molecule has 0 saturated carbocycles. The van der Waals surface area contributed by atoms with Gasteiger partial charge in [0.15, 0.2) is 0 Å². The number of para-hydroxylation sites is 2. The van der Waals surface area contributed by atoms with Crippen molar-refractivity contribution in [3.05, 3.63) is 24.3 Å². The van der Waals surface area contributed by atoms with E-state index in [0.717, 1.165) is 30.7 Å². The summed E-state index contributed by atoms with van der Waals surface area (Å²) in [6.07, 6.45) is 2.83. The molecule has 1 heterocycles. The van der Waals surface area contributed by atoms with E-state index < -0.39 is 0 Å². The molecule has 1 amide bonds. The second-order valence-electron chi connectivity index (χ2n) is 6.99. The van der Waals surface area contributed by atoms with E-state index in [9.17, 15) is 4.79 Å². The maximum Gasteiger partial charge on any atom is 0.240 e. The molecule has 1 aromatic carbocycles. The highest BCUT2D eigenvalue weighted by atomic mass is 16.5. The van der Waals surface area contributed by atoms with Crippen LogP contribution in [0.2, 0.25) is 0 Å². The van der Waals surface area contributed by atoms with Crippen molar-refractivity contribution in [3.63, 3.8) is 0 Å². The third kappa shape index (κ3) is 3.49. The van der Waals surface area contributed by atoms with Crippen LogP contribution >= 0.6 is 0 Å². The van der Waals surface area contributed by atoms with Crippen LogP contribution in [0.5, 0.6) is 5.75 Å². The number of anilines is 1. The first-order chi connectivity index (χ1) is 9.83. The fourth-order valence-electron chi connectivity index (χ4n) is 3.28. The molecule has 2 atom stereocenters. The number of nitrogens with two attached hydrogens (primary N) is 1. The molecule has 1 aliphatic rings. The number of carbonyl (C=O) groups excluding carboxylic acids is 1. The molecule has 1 aliphatic heterocycles. The van der Waals surface area contributed by atoms with Gasteiger partial charge in [-0.05, 0) is 36.8 Å². The van der Waals surface area contributed by atoms with E-state index in [0.29, 0.717) is 6.04 Å². The number of hydrogen-bond acceptors (Lipinski definition) is 3. The van der Waals surface area contributed by atoms with E-state index in [4.69, 9.17) is 10.5 Å². The normalized spacial score (nSPS) is 22.4. The van der Waals surface area contributed by atoms with Gasteiger partial charge in [0.2, 0.25) is 5.91 Å². The van der Waals surface area contributed by atoms with Crippen LogP contribution in [-0.4, -0.2) is 25.1 Å². The van der Waals surface area contributed by atoms with E-state index in [-0.39, 0.29) is 17.4 Å². The Morgan fingerprint density at radius 1 is 1.33 bits per heavy atom. The Balaban J connectivity index is 2.38. The summed E-state index contributed by atoms with van der Waals surface area (Å²) >= 11 is 0. The molecule has 4 heteroatoms. The standard InChI is InChI=1S/C17H26N2O2/c1-17(2,3)11-12-9-10-14(16(18)20)19(12)13-7-5-6-8-15(13)21-4/h5-8,12,14H,9-11H2,1-4H3,(H2,18,20). The lowest BCUT2D eigenvalue weighted by atomic mass is 9.87. The van der Waals surface area contributed by atoms with Crippen molar-refractivity contribution >= 4 is 11.6 Å². The number of methoxy groups -OCH3 is 1. The highest BCUT2D eigenvalue weighted by Crippen LogP contribution is 2.40. The van der Waals surface area contributed by atoms with E-state index in [1.54, 1.807) is 7.11 Å². The summed E-state index contributed by atoms with van der Waals surface area (Å²) in [5.41, 5.74) is 6.80. The number of amides is 1. The van der Waals surface area contributed by atoms with Gasteiger partial charge in [-0.3, -0.25) is 4.79 Å². The van der Waals surface area contributed by atoms with Crippen LogP contribution in [0.4, 0.5) is 5.69 Å². The molecule has 0 spiro atoms. The number of rotatable bonds is 4. The predicted octanol–water partition coefficient (Wildman–Crippen LogP) is 2.95. The van der Waals surface area contributed by atoms with Gasteiger partial charge in [-0.2, -0.15) is 0 Å². The smallest absolute Gasteiger partial charge is 0.240 e. The highest BCUT2D eigenvalue weighted by Gasteiger charge is 2.39. The zero-order valence-corrected chi connectivity index (χ0v) is 13.4. The zero-order valence-electron chi connectivity index (χ0n) is 13.4. The van der Waals surface area contributed by atoms with Crippen molar-refractivity contribution in [1.29, 1.82) is 0 Å². The van der Waals surface area contributed by atoms with E-state index in [2.05, 4.69) is 25.7 Å². The molecule has 1 saturated heterocycles. The minimum Gasteiger partial charge on any atom is -0.495 e. The van der Waals surface area contributed by atoms with Crippen LogP contribution in [0.25, 0.3) is 0 Å². The van der Waals surface area contributed by atoms with Gasteiger partial charge >= 0.3 is 0 Å². The highest BCUT2D eigenvalue weighted by molar-refractivity contribution is 5.85. The zero-order chi connectivity index (χ0) is 15.6. The third-order valence-corrected chi connectivity index (χ3v) is 4.04. The second kappa shape index (κ2) is 5.96. The molecular formula is C17H26N2O2. The lowest BCUT2D eigenvalue weighted by Gasteiger charge is -2.35. The SMILES string of the molecule is COc1ccccc1N1C(CC(C)(C)C)CCC1C(N)=O. The molecule has 1 fully saturated rings. The van der Waals surface area contributed by atoms with Crippen LogP contribution < -0.4 is 15.4 Å². The first-order valence-electron chi connectivity index (χ1n) is 7.54.